The van der Waals surface area contributed by atoms with Gasteiger partial charge in [-0.1, -0.05) is 33.7 Å². The van der Waals surface area contributed by atoms with Crippen LogP contribution in [0.4, 0.5) is 20.1 Å². The van der Waals surface area contributed by atoms with Crippen molar-refractivity contribution < 1.29 is 92.9 Å². The number of aliphatic carboxylic acids is 6. The Kier molecular flexibility index (Phi) is 26.7. The van der Waals surface area contributed by atoms with Crippen molar-refractivity contribution in [3.8, 4) is 0 Å². The summed E-state index contributed by atoms with van der Waals surface area (Å²) in [7, 11) is 6.92. The largest absolute Gasteiger partial charge is 0.481 e. The van der Waals surface area contributed by atoms with Crippen LogP contribution in [-0.4, -0.2) is 165 Å². The van der Waals surface area contributed by atoms with Crippen molar-refractivity contribution in [1.82, 2.24) is 42.7 Å². The molecule has 0 fully saturated rings. The first-order valence-electron chi connectivity index (χ1n) is 19.2. The molecule has 15 N–H and O–H groups in total. The molecule has 0 unspecified atom stereocenters. The van der Waals surface area contributed by atoms with Crippen LogP contribution in [0.3, 0.4) is 0 Å². The van der Waals surface area contributed by atoms with Crippen molar-refractivity contribution in [2.75, 3.05) is 30.0 Å². The molecule has 0 spiro atoms. The van der Waals surface area contributed by atoms with Gasteiger partial charge in [-0.3, -0.25) is 39.5 Å². The standard InChI is InChI=1S/C35H48BN9O19S2/c36-45-44-35(63)64-11-12-65-66-16-23(32(59)60)41-29(54)22(15-27(51)52)40-28(53)21(14-26(49)50)39-24(46)13-17-4-6-18(7-5-17)38-33(61)37-10-2-1-3-19(30(55)56)42-34(62)43-20(31(57)58)8-9-25(47)48/h4-7,19-23,45H,1-3,8-16H2,(H,39,46)(H,40,53)(H,41,54)(H,44,63)(H,47,48)(H,49,50)(H,51,52)(H,55,56)(H,57,58)(H,59,60)(H2,37,38,61)(H2,42,43,62)/t19-,20-,21-,22-,23-/m0/s1. The zero-order valence-corrected chi connectivity index (χ0v) is 36.2. The van der Waals surface area contributed by atoms with Crippen LogP contribution in [0.15, 0.2) is 24.3 Å². The highest BCUT2D eigenvalue weighted by molar-refractivity contribution is 8.76. The molecule has 0 aromatic heterocycles. The van der Waals surface area contributed by atoms with Gasteiger partial charge in [-0.15, -0.1) is 0 Å². The molecular formula is C35H48BN9O19S2. The fourth-order valence-corrected chi connectivity index (χ4v) is 7.04. The van der Waals surface area contributed by atoms with Crippen LogP contribution in [0.25, 0.3) is 0 Å². The maximum atomic E-state index is 13.1. The van der Waals surface area contributed by atoms with Gasteiger partial charge in [0.1, 0.15) is 36.8 Å². The second kappa shape index (κ2) is 31.0. The van der Waals surface area contributed by atoms with Crippen LogP contribution >= 0.6 is 21.6 Å². The highest BCUT2D eigenvalue weighted by Crippen LogP contribution is 2.22. The topological polar surface area (TPSA) is 444 Å². The Bertz CT molecular complexity index is 1900. The second-order valence-corrected chi connectivity index (χ2v) is 16.0. The number of carboxylic acid groups (broad SMARTS) is 6. The number of hydrazine groups is 1. The molecule has 1 aromatic rings. The predicted molar refractivity (Wildman–Crippen MR) is 229 cm³/mol. The number of anilines is 1. The number of carbonyl (C=O) groups excluding carboxylic acids is 6. The van der Waals surface area contributed by atoms with Crippen molar-refractivity contribution in [1.29, 1.82) is 0 Å². The van der Waals surface area contributed by atoms with E-state index in [9.17, 15) is 78.0 Å². The SMILES string of the molecule is [B]NNC(=O)OCCSSC[C@H](NC(=O)[C@H](CC(=O)O)NC(=O)[C@H](CC(=O)O)NC(=O)Cc1ccc(NC(=O)NCCCC[C@H](NC(=O)N[C@@H](CCC(=O)O)C(=O)O)C(=O)O)cc1)C(=O)O. The first kappa shape index (κ1) is 57.0. The fourth-order valence-electron chi connectivity index (χ4n) is 5.05. The van der Waals surface area contributed by atoms with Crippen molar-refractivity contribution in [2.45, 2.75) is 81.6 Å². The number of hydrogen-bond donors (Lipinski definition) is 15. The van der Waals surface area contributed by atoms with Gasteiger partial charge < -0.3 is 72.6 Å². The normalized spacial score (nSPS) is 12.8. The summed E-state index contributed by atoms with van der Waals surface area (Å²) in [4.78, 5) is 143. The van der Waals surface area contributed by atoms with Gasteiger partial charge in [0.2, 0.25) is 25.7 Å². The molecule has 0 aliphatic heterocycles. The first-order chi connectivity index (χ1) is 31.1. The zero-order chi connectivity index (χ0) is 49.8. The second-order valence-electron chi connectivity index (χ2n) is 13.4. The lowest BCUT2D eigenvalue weighted by atomic mass is 10.1. The average Bonchev–Trinajstić information content (AvgIpc) is 3.22. The number of rotatable bonds is 32. The highest BCUT2D eigenvalue weighted by Gasteiger charge is 2.32. The lowest BCUT2D eigenvalue weighted by molar-refractivity contribution is -0.144. The Balaban J connectivity index is 2.71. The maximum absolute atomic E-state index is 13.1. The first-order valence-corrected chi connectivity index (χ1v) is 21.7. The molecule has 28 nitrogen and oxygen atoms in total. The molecule has 0 saturated heterocycles. The van der Waals surface area contributed by atoms with Gasteiger partial charge in [-0.25, -0.2) is 28.8 Å². The smallest absolute Gasteiger partial charge is 0.420 e. The molecule has 1 aromatic carbocycles. The summed E-state index contributed by atoms with van der Waals surface area (Å²) < 4.78 is 4.74. The third-order valence-corrected chi connectivity index (χ3v) is 10.6. The molecule has 8 amide bonds. The Morgan fingerprint density at radius 2 is 1.15 bits per heavy atom. The number of amides is 8. The molecule has 66 heavy (non-hydrogen) atoms. The summed E-state index contributed by atoms with van der Waals surface area (Å²) in [6.45, 7) is -0.0353. The summed E-state index contributed by atoms with van der Waals surface area (Å²) in [5, 5.41) is 73.1. The van der Waals surface area contributed by atoms with Crippen molar-refractivity contribution in [2.24, 2.45) is 0 Å². The summed E-state index contributed by atoms with van der Waals surface area (Å²) >= 11 is 0. The lowest BCUT2D eigenvalue weighted by Gasteiger charge is -2.23. The van der Waals surface area contributed by atoms with Crippen LogP contribution in [-0.2, 0) is 54.3 Å². The minimum atomic E-state index is -1.91. The molecule has 0 aliphatic carbocycles. The Labute approximate surface area is 383 Å². The third kappa shape index (κ3) is 25.3. The number of hydrogen-bond acceptors (Lipinski definition) is 16. The van der Waals surface area contributed by atoms with E-state index in [1.54, 1.807) is 0 Å². The van der Waals surface area contributed by atoms with Crippen molar-refractivity contribution in [3.63, 3.8) is 0 Å². The van der Waals surface area contributed by atoms with Crippen LogP contribution < -0.4 is 48.0 Å². The van der Waals surface area contributed by atoms with Gasteiger partial charge in [-0.05, 0) is 43.4 Å². The van der Waals surface area contributed by atoms with Crippen molar-refractivity contribution >= 4 is 107 Å². The maximum Gasteiger partial charge on any atom is 0.420 e. The molecule has 0 saturated carbocycles. The van der Waals surface area contributed by atoms with Crippen LogP contribution in [0.1, 0.15) is 50.5 Å². The Morgan fingerprint density at radius 3 is 1.68 bits per heavy atom. The van der Waals surface area contributed by atoms with E-state index >= 15 is 0 Å². The molecule has 362 valence electrons. The molecule has 0 bridgehead atoms. The number of benzene rings is 1. The molecule has 0 heterocycles. The van der Waals surface area contributed by atoms with E-state index < -0.39 is 134 Å². The zero-order valence-electron chi connectivity index (χ0n) is 34.6. The van der Waals surface area contributed by atoms with E-state index in [0.717, 1.165) is 21.6 Å². The summed E-state index contributed by atoms with van der Waals surface area (Å²) in [5.74, 6) is -12.3. The Morgan fingerprint density at radius 1 is 0.606 bits per heavy atom. The fraction of sp³-hybridized carbons (Fsp3) is 0.486. The number of carbonyl (C=O) groups is 12. The van der Waals surface area contributed by atoms with Crippen LogP contribution in [0.5, 0.6) is 0 Å². The Hall–Kier alpha value is -7.02. The van der Waals surface area contributed by atoms with Gasteiger partial charge in [-0.2, -0.15) is 0 Å². The minimum absolute atomic E-state index is 0.0584. The molecular weight excluding hydrogens is 925 g/mol. The average molecular weight is 974 g/mol. The number of urea groups is 2. The van der Waals surface area contributed by atoms with E-state index in [0.29, 0.717) is 5.56 Å². The number of unbranched alkanes of at least 4 members (excludes halogenated alkanes) is 1. The molecule has 5 atom stereocenters. The molecule has 0 aliphatic rings. The number of carboxylic acids is 6. The quantitative estimate of drug-likeness (QED) is 0.0157. The van der Waals surface area contributed by atoms with Gasteiger partial charge in [0.05, 0.1) is 19.3 Å². The van der Waals surface area contributed by atoms with Crippen molar-refractivity contribution in [3.05, 3.63) is 29.8 Å². The van der Waals surface area contributed by atoms with E-state index in [2.05, 4.69) is 26.6 Å². The highest BCUT2D eigenvalue weighted by atomic mass is 33.1. The van der Waals surface area contributed by atoms with E-state index in [-0.39, 0.29) is 49.6 Å². The van der Waals surface area contributed by atoms with E-state index in [1.165, 1.54) is 24.3 Å². The van der Waals surface area contributed by atoms with Crippen LogP contribution in [0, 0.1) is 0 Å². The summed E-state index contributed by atoms with van der Waals surface area (Å²) in [5.41, 5.74) is 2.53. The van der Waals surface area contributed by atoms with Crippen LogP contribution in [0.2, 0.25) is 0 Å². The number of ether oxygens (including phenoxy) is 1. The predicted octanol–water partition coefficient (Wildman–Crippen LogP) is -2.22. The van der Waals surface area contributed by atoms with Gasteiger partial charge in [0.25, 0.3) is 0 Å². The molecule has 2 radical (unpaired) electrons. The third-order valence-electron chi connectivity index (χ3n) is 8.18. The van der Waals surface area contributed by atoms with E-state index in [4.69, 9.17) is 22.9 Å². The molecule has 31 heteroatoms. The summed E-state index contributed by atoms with van der Waals surface area (Å²) in [6, 6.07) is -4.48. The lowest BCUT2D eigenvalue weighted by Crippen LogP contribution is -2.57. The number of nitrogens with one attached hydrogen (secondary N) is 9. The minimum Gasteiger partial charge on any atom is -0.481 e. The monoisotopic (exact) mass is 973 g/mol. The van der Waals surface area contributed by atoms with Gasteiger partial charge in [0.15, 0.2) is 0 Å². The van der Waals surface area contributed by atoms with Gasteiger partial charge in [0, 0.05) is 30.2 Å². The molecule has 1 rings (SSSR count). The van der Waals surface area contributed by atoms with Gasteiger partial charge >= 0.3 is 54.0 Å². The van der Waals surface area contributed by atoms with E-state index in [1.807, 2.05) is 21.4 Å². The summed E-state index contributed by atoms with van der Waals surface area (Å²) in [6.07, 6.45) is -4.01.